The number of hydrogen-bond donors (Lipinski definition) is 0. The average Bonchev–Trinajstić information content (AvgIpc) is 3.08. The Morgan fingerprint density at radius 1 is 1.30 bits per heavy atom. The maximum Gasteiger partial charge on any atom is 0.132 e. The lowest BCUT2D eigenvalue weighted by molar-refractivity contribution is -0.120. The highest BCUT2D eigenvalue weighted by molar-refractivity contribution is 6.23. The van der Waals surface area contributed by atoms with Crippen LogP contribution in [0.5, 0.6) is 0 Å². The van der Waals surface area contributed by atoms with Crippen molar-refractivity contribution in [3.63, 3.8) is 0 Å². The van der Waals surface area contributed by atoms with Gasteiger partial charge in [-0.15, -0.1) is 0 Å². The third-order valence-electron chi connectivity index (χ3n) is 4.81. The summed E-state index contributed by atoms with van der Waals surface area (Å²) in [4.78, 5) is 11.6. The van der Waals surface area contributed by atoms with Gasteiger partial charge in [-0.05, 0) is 37.8 Å². The van der Waals surface area contributed by atoms with Crippen LogP contribution in [0.4, 0.5) is 0 Å². The van der Waals surface area contributed by atoms with Crippen LogP contribution in [0.25, 0.3) is 5.57 Å². The van der Waals surface area contributed by atoms with Crippen molar-refractivity contribution in [1.82, 2.24) is 9.78 Å². The van der Waals surface area contributed by atoms with Crippen molar-refractivity contribution < 1.29 is 4.79 Å². The molecule has 1 unspecified atom stereocenters. The largest absolute Gasteiger partial charge is 0.300 e. The van der Waals surface area contributed by atoms with Crippen LogP contribution in [-0.4, -0.2) is 23.4 Å². The van der Waals surface area contributed by atoms with Gasteiger partial charge in [0.25, 0.3) is 0 Å². The third kappa shape index (κ3) is 3.41. The minimum atomic E-state index is -0.102. The van der Waals surface area contributed by atoms with E-state index < -0.39 is 0 Å². The molecular formula is C19H23BN2O. The van der Waals surface area contributed by atoms with E-state index in [0.29, 0.717) is 11.8 Å². The van der Waals surface area contributed by atoms with Gasteiger partial charge in [0.2, 0.25) is 0 Å². The Bertz CT molecular complexity index is 709. The van der Waals surface area contributed by atoms with Gasteiger partial charge >= 0.3 is 0 Å². The first kappa shape index (κ1) is 16.0. The maximum atomic E-state index is 11.6. The molecule has 0 bridgehead atoms. The van der Waals surface area contributed by atoms with Crippen LogP contribution in [0.1, 0.15) is 51.8 Å². The molecule has 0 amide bonds. The fourth-order valence-corrected chi connectivity index (χ4v) is 3.70. The van der Waals surface area contributed by atoms with Gasteiger partial charge in [0.05, 0.1) is 11.7 Å². The van der Waals surface area contributed by atoms with Crippen molar-refractivity contribution in [1.29, 1.82) is 0 Å². The standard InChI is InChI=1S/C19H23BN2O/c1-13(23)14-5-7-17(10-14)22-18(8-9-21-22)15-4-6-16(20)12-19(2,3)11-15/h4,6,8-9,11-12,14,17H,5,7,10H2,1-3H3/t14-,17?/m0/s1. The van der Waals surface area contributed by atoms with E-state index in [-0.39, 0.29) is 11.3 Å². The van der Waals surface area contributed by atoms with E-state index in [4.69, 9.17) is 7.85 Å². The Hall–Kier alpha value is -1.84. The molecule has 1 heterocycles. The van der Waals surface area contributed by atoms with Crippen LogP contribution in [0.2, 0.25) is 0 Å². The van der Waals surface area contributed by atoms with E-state index in [1.807, 2.05) is 12.3 Å². The number of rotatable bonds is 3. The Kier molecular flexibility index (Phi) is 4.18. The Morgan fingerprint density at radius 2 is 2.09 bits per heavy atom. The molecule has 2 aliphatic rings. The van der Waals surface area contributed by atoms with Gasteiger partial charge in [0.1, 0.15) is 13.6 Å². The summed E-state index contributed by atoms with van der Waals surface area (Å²) in [5.74, 6) is 0.484. The summed E-state index contributed by atoms with van der Waals surface area (Å²) < 4.78 is 2.09. The van der Waals surface area contributed by atoms with E-state index in [0.717, 1.165) is 36.0 Å². The molecule has 1 fully saturated rings. The molecule has 2 aliphatic carbocycles. The molecule has 2 radical (unpaired) electrons. The van der Waals surface area contributed by atoms with Gasteiger partial charge in [-0.3, -0.25) is 9.48 Å². The third-order valence-corrected chi connectivity index (χ3v) is 4.81. The van der Waals surface area contributed by atoms with Crippen LogP contribution >= 0.6 is 0 Å². The molecule has 0 aromatic carbocycles. The number of nitrogens with zero attached hydrogens (tertiary/aromatic N) is 2. The minimum Gasteiger partial charge on any atom is -0.300 e. The second-order valence-electron chi connectivity index (χ2n) is 7.33. The molecule has 1 saturated carbocycles. The first-order chi connectivity index (χ1) is 10.9. The number of carbonyl (C=O) groups is 1. The topological polar surface area (TPSA) is 34.9 Å². The van der Waals surface area contributed by atoms with E-state index in [1.165, 1.54) is 0 Å². The molecule has 2 atom stereocenters. The number of aromatic nitrogens is 2. The number of ketones is 1. The zero-order valence-electron chi connectivity index (χ0n) is 14.1. The van der Waals surface area contributed by atoms with Gasteiger partial charge < -0.3 is 0 Å². The van der Waals surface area contributed by atoms with Crippen molar-refractivity contribution in [2.75, 3.05) is 0 Å². The molecule has 1 aromatic heterocycles. The zero-order chi connectivity index (χ0) is 16.6. The summed E-state index contributed by atoms with van der Waals surface area (Å²) in [6.45, 7) is 5.99. The van der Waals surface area contributed by atoms with Gasteiger partial charge in [-0.25, -0.2) is 0 Å². The summed E-state index contributed by atoms with van der Waals surface area (Å²) in [6, 6.07) is 2.36. The van der Waals surface area contributed by atoms with Crippen molar-refractivity contribution in [3.8, 4) is 0 Å². The first-order valence-corrected chi connectivity index (χ1v) is 8.29. The van der Waals surface area contributed by atoms with Crippen LogP contribution in [0.15, 0.2) is 42.0 Å². The number of hydrogen-bond acceptors (Lipinski definition) is 2. The van der Waals surface area contributed by atoms with Gasteiger partial charge in [0.15, 0.2) is 0 Å². The van der Waals surface area contributed by atoms with E-state index in [2.05, 4.69) is 47.9 Å². The lowest BCUT2D eigenvalue weighted by Gasteiger charge is -2.19. The highest BCUT2D eigenvalue weighted by Gasteiger charge is 2.30. The second kappa shape index (κ2) is 5.99. The molecule has 3 rings (SSSR count). The predicted octanol–water partition coefficient (Wildman–Crippen LogP) is 3.85. The lowest BCUT2D eigenvalue weighted by Crippen LogP contribution is -2.13. The molecule has 4 heteroatoms. The van der Waals surface area contributed by atoms with Crippen molar-refractivity contribution in [2.24, 2.45) is 11.3 Å². The fraction of sp³-hybridized carbons (Fsp3) is 0.474. The smallest absolute Gasteiger partial charge is 0.132 e. The Balaban J connectivity index is 1.92. The highest BCUT2D eigenvalue weighted by atomic mass is 16.1. The van der Waals surface area contributed by atoms with Crippen LogP contribution in [0.3, 0.4) is 0 Å². The van der Waals surface area contributed by atoms with Crippen LogP contribution < -0.4 is 0 Å². The molecule has 0 saturated heterocycles. The van der Waals surface area contributed by atoms with E-state index >= 15 is 0 Å². The molecule has 0 spiro atoms. The molecule has 23 heavy (non-hydrogen) atoms. The zero-order valence-corrected chi connectivity index (χ0v) is 14.1. The number of allylic oxidation sites excluding steroid dienone is 6. The summed E-state index contributed by atoms with van der Waals surface area (Å²) in [5, 5.41) is 4.55. The summed E-state index contributed by atoms with van der Waals surface area (Å²) in [5.41, 5.74) is 2.92. The molecular weight excluding hydrogens is 283 g/mol. The van der Waals surface area contributed by atoms with Gasteiger partial charge in [0, 0.05) is 17.5 Å². The van der Waals surface area contributed by atoms with Crippen LogP contribution in [0, 0.1) is 11.3 Å². The number of Topliss-reactive ketones (excluding diaryl/α,β-unsaturated/α-hetero) is 1. The van der Waals surface area contributed by atoms with Gasteiger partial charge in [-0.1, -0.05) is 43.6 Å². The minimum absolute atomic E-state index is 0.102. The predicted molar refractivity (Wildman–Crippen MR) is 94.0 cm³/mol. The fourth-order valence-electron chi connectivity index (χ4n) is 3.70. The monoisotopic (exact) mass is 306 g/mol. The first-order valence-electron chi connectivity index (χ1n) is 8.29. The molecule has 118 valence electrons. The second-order valence-corrected chi connectivity index (χ2v) is 7.33. The number of carbonyl (C=O) groups excluding carboxylic acids is 1. The van der Waals surface area contributed by atoms with Crippen molar-refractivity contribution in [3.05, 3.63) is 47.7 Å². The SMILES string of the molecule is [B]C1=CC(C)(C)C=C(c2ccnn2C2CC[C@H](C(C)=O)C2)C=C1. The van der Waals surface area contributed by atoms with E-state index in [9.17, 15) is 4.79 Å². The summed E-state index contributed by atoms with van der Waals surface area (Å²) in [7, 11) is 6.02. The maximum absolute atomic E-state index is 11.6. The van der Waals surface area contributed by atoms with Crippen molar-refractivity contribution in [2.45, 2.75) is 46.1 Å². The average molecular weight is 306 g/mol. The normalized spacial score (nSPS) is 26.6. The molecule has 0 aliphatic heterocycles. The molecule has 0 N–H and O–H groups in total. The van der Waals surface area contributed by atoms with Crippen LogP contribution in [-0.2, 0) is 4.79 Å². The highest BCUT2D eigenvalue weighted by Crippen LogP contribution is 2.37. The van der Waals surface area contributed by atoms with Crippen molar-refractivity contribution >= 4 is 19.2 Å². The Morgan fingerprint density at radius 3 is 2.78 bits per heavy atom. The molecule has 3 nitrogen and oxygen atoms in total. The van der Waals surface area contributed by atoms with E-state index in [1.54, 1.807) is 6.92 Å². The quantitative estimate of drug-likeness (QED) is 0.795. The Labute approximate surface area is 139 Å². The lowest BCUT2D eigenvalue weighted by atomic mass is 9.85. The summed E-state index contributed by atoms with van der Waals surface area (Å²) in [6.07, 6.45) is 13.0. The summed E-state index contributed by atoms with van der Waals surface area (Å²) >= 11 is 0. The molecule has 1 aromatic rings. The van der Waals surface area contributed by atoms with Gasteiger partial charge in [-0.2, -0.15) is 5.10 Å².